The molecule has 10 nitrogen and oxygen atoms in total. The van der Waals surface area contributed by atoms with Crippen LogP contribution in [-0.2, 0) is 25.5 Å². The number of carbonyl (C=O) groups excluding carboxylic acids is 4. The Morgan fingerprint density at radius 2 is 2.03 bits per heavy atom. The molecule has 37 heavy (non-hydrogen) atoms. The molecule has 1 aromatic heterocycles. The summed E-state index contributed by atoms with van der Waals surface area (Å²) in [6, 6.07) is 5.16. The molecule has 3 rings (SSSR count). The second kappa shape index (κ2) is 13.1. The summed E-state index contributed by atoms with van der Waals surface area (Å²) in [6.45, 7) is 2.21. The predicted octanol–water partition coefficient (Wildman–Crippen LogP) is 2.32. The van der Waals surface area contributed by atoms with Gasteiger partial charge in [0, 0.05) is 31.0 Å². The minimum Gasteiger partial charge on any atom is -0.465 e. The van der Waals surface area contributed by atoms with Crippen molar-refractivity contribution < 1.29 is 32.8 Å². The van der Waals surface area contributed by atoms with E-state index in [0.29, 0.717) is 24.3 Å². The van der Waals surface area contributed by atoms with Crippen molar-refractivity contribution in [3.63, 3.8) is 0 Å². The van der Waals surface area contributed by atoms with Gasteiger partial charge in [0.25, 0.3) is 5.91 Å². The highest BCUT2D eigenvalue weighted by molar-refractivity contribution is 9.12. The van der Waals surface area contributed by atoms with E-state index < -0.39 is 35.7 Å². The van der Waals surface area contributed by atoms with Crippen LogP contribution in [0.4, 0.5) is 4.39 Å². The van der Waals surface area contributed by atoms with Gasteiger partial charge in [-0.05, 0) is 65.9 Å². The van der Waals surface area contributed by atoms with Crippen molar-refractivity contribution >= 4 is 39.6 Å². The van der Waals surface area contributed by atoms with Gasteiger partial charge in [-0.15, -0.1) is 0 Å². The number of nitrogens with zero attached hydrogens (tertiary/aromatic N) is 1. The number of ether oxygens (including phenoxy) is 1. The summed E-state index contributed by atoms with van der Waals surface area (Å²) in [5.74, 6) is -2.37. The number of methoxy groups -OCH3 is 1. The Morgan fingerprint density at radius 3 is 2.65 bits per heavy atom. The third-order valence-electron chi connectivity index (χ3n) is 5.83. The van der Waals surface area contributed by atoms with Crippen LogP contribution >= 0.6 is 15.9 Å². The van der Waals surface area contributed by atoms with Crippen molar-refractivity contribution in [3.05, 3.63) is 63.7 Å². The van der Waals surface area contributed by atoms with E-state index in [0.717, 1.165) is 6.42 Å². The number of aromatic nitrogens is 1. The number of amides is 3. The van der Waals surface area contributed by atoms with Gasteiger partial charge in [-0.2, -0.15) is 0 Å². The summed E-state index contributed by atoms with van der Waals surface area (Å²) in [4.78, 5) is 50.5. The largest absolute Gasteiger partial charge is 0.465 e. The highest BCUT2D eigenvalue weighted by Crippen LogP contribution is 2.20. The van der Waals surface area contributed by atoms with Gasteiger partial charge < -0.3 is 25.2 Å². The van der Waals surface area contributed by atoms with Crippen molar-refractivity contribution in [1.29, 1.82) is 0 Å². The molecule has 0 bridgehead atoms. The molecule has 2 heterocycles. The average molecular weight is 579 g/mol. The quantitative estimate of drug-likeness (QED) is 0.290. The van der Waals surface area contributed by atoms with E-state index in [1.54, 1.807) is 6.92 Å². The predicted molar refractivity (Wildman–Crippen MR) is 134 cm³/mol. The van der Waals surface area contributed by atoms with E-state index in [9.17, 15) is 23.6 Å². The molecule has 3 N–H and O–H groups in total. The van der Waals surface area contributed by atoms with Crippen LogP contribution in [0.25, 0.3) is 0 Å². The summed E-state index contributed by atoms with van der Waals surface area (Å²) in [5.41, 5.74) is 0.603. The molecule has 3 atom stereocenters. The molecular weight excluding hydrogens is 551 g/mol. The van der Waals surface area contributed by atoms with Crippen molar-refractivity contribution in [2.45, 2.75) is 44.7 Å². The number of halogens is 2. The summed E-state index contributed by atoms with van der Waals surface area (Å²) in [6.07, 6.45) is 3.16. The summed E-state index contributed by atoms with van der Waals surface area (Å²) in [5, 5.41) is 12.0. The zero-order chi connectivity index (χ0) is 26.9. The Balaban J connectivity index is 1.83. The summed E-state index contributed by atoms with van der Waals surface area (Å²) in [7, 11) is 1.22. The van der Waals surface area contributed by atoms with Crippen LogP contribution in [-0.4, -0.2) is 54.6 Å². The molecule has 1 aliphatic heterocycles. The van der Waals surface area contributed by atoms with Gasteiger partial charge in [0.15, 0.2) is 5.69 Å². The molecular formula is C25H28BrFN4O6. The topological polar surface area (TPSA) is 140 Å². The molecule has 0 aliphatic carbocycles. The van der Waals surface area contributed by atoms with Gasteiger partial charge in [-0.1, -0.05) is 17.3 Å². The molecule has 1 fully saturated rings. The van der Waals surface area contributed by atoms with E-state index in [-0.39, 0.29) is 34.8 Å². The lowest BCUT2D eigenvalue weighted by molar-refractivity contribution is -0.135. The number of aryl methyl sites for hydroxylation is 1. The summed E-state index contributed by atoms with van der Waals surface area (Å²) >= 11 is 3.16. The van der Waals surface area contributed by atoms with Crippen molar-refractivity contribution in [2.24, 2.45) is 5.92 Å². The smallest absolute Gasteiger partial charge is 0.344 e. The summed E-state index contributed by atoms with van der Waals surface area (Å²) < 4.78 is 23.2. The zero-order valence-electron chi connectivity index (χ0n) is 20.4. The number of carbonyl (C=O) groups is 4. The molecule has 0 saturated carbocycles. The van der Waals surface area contributed by atoms with Crippen LogP contribution in [0.5, 0.6) is 0 Å². The zero-order valence-corrected chi connectivity index (χ0v) is 22.0. The van der Waals surface area contributed by atoms with Crippen LogP contribution in [0.1, 0.15) is 41.1 Å². The first-order valence-electron chi connectivity index (χ1n) is 11.7. The highest BCUT2D eigenvalue weighted by Gasteiger charge is 2.29. The standard InChI is InChI=1S/C25H28BrFN4O6/c1-14-10-21(31-37-14)24(34)30-20(11-15-5-7-17(27)8-6-15)23(33)29-18(13-19(26)25(35)36-2)12-16-4-3-9-28-22(16)32/h5-8,10,13,16,18,20H,3-4,9,11-12H2,1-2H3,(H,28,32)(H,29,33)(H,30,34)/t16-,18-,20-/m0/s1. The first-order chi connectivity index (χ1) is 17.7. The maximum Gasteiger partial charge on any atom is 0.344 e. The average Bonchev–Trinajstić information content (AvgIpc) is 3.32. The fourth-order valence-electron chi connectivity index (χ4n) is 3.93. The molecule has 1 saturated heterocycles. The Hall–Kier alpha value is -3.54. The lowest BCUT2D eigenvalue weighted by Crippen LogP contribution is -2.51. The number of nitrogens with one attached hydrogen (secondary N) is 3. The first kappa shape index (κ1) is 28.0. The molecule has 12 heteroatoms. The van der Waals surface area contributed by atoms with Gasteiger partial charge in [0.2, 0.25) is 11.8 Å². The molecule has 1 aromatic carbocycles. The second-order valence-electron chi connectivity index (χ2n) is 8.67. The van der Waals surface area contributed by atoms with Gasteiger partial charge in [0.1, 0.15) is 22.1 Å². The van der Waals surface area contributed by atoms with E-state index in [1.165, 1.54) is 43.5 Å². The van der Waals surface area contributed by atoms with E-state index in [2.05, 4.69) is 37.0 Å². The number of benzene rings is 1. The Labute approximate surface area is 221 Å². The Morgan fingerprint density at radius 1 is 1.30 bits per heavy atom. The fraction of sp³-hybridized carbons (Fsp3) is 0.400. The van der Waals surface area contributed by atoms with E-state index in [4.69, 9.17) is 9.26 Å². The molecule has 0 radical (unpaired) electrons. The van der Waals surface area contributed by atoms with Gasteiger partial charge in [-0.25, -0.2) is 9.18 Å². The monoisotopic (exact) mass is 578 g/mol. The molecule has 0 spiro atoms. The molecule has 1 aliphatic rings. The number of hydrogen-bond acceptors (Lipinski definition) is 7. The second-order valence-corrected chi connectivity index (χ2v) is 9.52. The maximum absolute atomic E-state index is 13.4. The molecule has 0 unspecified atom stereocenters. The van der Waals surface area contributed by atoms with Crippen LogP contribution in [0.15, 0.2) is 45.4 Å². The van der Waals surface area contributed by atoms with Gasteiger partial charge in [0.05, 0.1) is 7.11 Å². The van der Waals surface area contributed by atoms with Crippen molar-refractivity contribution in [1.82, 2.24) is 21.1 Å². The van der Waals surface area contributed by atoms with Gasteiger partial charge >= 0.3 is 5.97 Å². The van der Waals surface area contributed by atoms with Crippen LogP contribution < -0.4 is 16.0 Å². The Kier molecular flexibility index (Phi) is 9.95. The molecule has 3 amide bonds. The van der Waals surface area contributed by atoms with E-state index >= 15 is 0 Å². The van der Waals surface area contributed by atoms with E-state index in [1.807, 2.05) is 0 Å². The highest BCUT2D eigenvalue weighted by atomic mass is 79.9. The van der Waals surface area contributed by atoms with Crippen LogP contribution in [0.2, 0.25) is 0 Å². The van der Waals surface area contributed by atoms with Crippen molar-refractivity contribution in [2.75, 3.05) is 13.7 Å². The minimum atomic E-state index is -1.08. The normalized spacial score (nSPS) is 17.4. The first-order valence-corrected chi connectivity index (χ1v) is 12.5. The molecule has 198 valence electrons. The maximum atomic E-state index is 13.4. The number of rotatable bonds is 10. The van der Waals surface area contributed by atoms with Crippen molar-refractivity contribution in [3.8, 4) is 0 Å². The lowest BCUT2D eigenvalue weighted by atomic mass is 9.91. The third-order valence-corrected chi connectivity index (χ3v) is 6.42. The van der Waals surface area contributed by atoms with Crippen LogP contribution in [0, 0.1) is 18.7 Å². The number of piperidine rings is 1. The Bertz CT molecular complexity index is 1170. The van der Waals surface area contributed by atoms with Crippen LogP contribution in [0.3, 0.4) is 0 Å². The van der Waals surface area contributed by atoms with Gasteiger partial charge in [-0.3, -0.25) is 14.4 Å². The number of hydrogen-bond donors (Lipinski definition) is 3. The molecule has 2 aromatic rings. The minimum absolute atomic E-state index is 0.00170. The number of esters is 1. The lowest BCUT2D eigenvalue weighted by Gasteiger charge is -2.27. The SMILES string of the molecule is COC(=O)C(Br)=C[C@H](C[C@@H]1CCCNC1=O)NC(=O)[C@H](Cc1ccc(F)cc1)NC(=O)c1cc(C)on1. The fourth-order valence-corrected chi connectivity index (χ4v) is 4.41. The third kappa shape index (κ3) is 8.24.